The molecule has 0 saturated heterocycles. The second-order valence-electron chi connectivity index (χ2n) is 7.11. The van der Waals surface area contributed by atoms with Crippen LogP contribution in [0, 0.1) is 0 Å². The van der Waals surface area contributed by atoms with Crippen LogP contribution >= 0.6 is 46.4 Å². The first-order valence-electron chi connectivity index (χ1n) is 10.9. The molecule has 1 aromatic carbocycles. The van der Waals surface area contributed by atoms with Gasteiger partial charge in [-0.05, 0) is 38.2 Å². The number of hydrogen-bond donors (Lipinski definition) is 0. The Morgan fingerprint density at radius 1 is 0.871 bits per heavy atom. The van der Waals surface area contributed by atoms with Gasteiger partial charge in [-0.15, -0.1) is 0 Å². The zero-order valence-electron chi connectivity index (χ0n) is 18.2. The predicted octanol–water partition coefficient (Wildman–Crippen LogP) is 8.99. The molecule has 0 unspecified atom stereocenters. The van der Waals surface area contributed by atoms with Crippen LogP contribution in [0.1, 0.15) is 71.1 Å². The maximum Gasteiger partial charge on any atom is 0.156 e. The molecule has 4 nitrogen and oxygen atoms in total. The lowest BCUT2D eigenvalue weighted by molar-refractivity contribution is 0.139. The highest BCUT2D eigenvalue weighted by Crippen LogP contribution is 2.37. The second-order valence-corrected chi connectivity index (χ2v) is 8.93. The summed E-state index contributed by atoms with van der Waals surface area (Å²) in [5, 5.41) is 4.80. The Labute approximate surface area is 206 Å². The van der Waals surface area contributed by atoms with Gasteiger partial charge in [-0.2, -0.15) is 0 Å². The normalized spacial score (nSPS) is 11.0. The molecule has 0 aromatic heterocycles. The third-order valence-corrected chi connectivity index (χ3v) is 5.29. The molecular formula is C23H33Cl4NO3. The third kappa shape index (κ3) is 14.8. The highest BCUT2D eigenvalue weighted by molar-refractivity contribution is 6.55. The van der Waals surface area contributed by atoms with Gasteiger partial charge in [0.25, 0.3) is 0 Å². The van der Waals surface area contributed by atoms with Gasteiger partial charge in [0.15, 0.2) is 5.75 Å². The SMILES string of the molecule is CCCCCCCC/C=N/OCCCCCOc1c(Cl)cc(OCC=C(Cl)Cl)cc1Cl. The van der Waals surface area contributed by atoms with Crippen LogP contribution in [0.15, 0.2) is 27.9 Å². The van der Waals surface area contributed by atoms with Crippen molar-refractivity contribution in [2.75, 3.05) is 19.8 Å². The van der Waals surface area contributed by atoms with Crippen molar-refractivity contribution < 1.29 is 14.3 Å². The molecular weight excluding hydrogens is 480 g/mol. The van der Waals surface area contributed by atoms with E-state index in [9.17, 15) is 0 Å². The molecule has 31 heavy (non-hydrogen) atoms. The van der Waals surface area contributed by atoms with E-state index in [4.69, 9.17) is 60.7 Å². The summed E-state index contributed by atoms with van der Waals surface area (Å²) in [5.41, 5.74) is 0. The van der Waals surface area contributed by atoms with Gasteiger partial charge in [0.2, 0.25) is 0 Å². The summed E-state index contributed by atoms with van der Waals surface area (Å²) in [5.74, 6) is 0.972. The fourth-order valence-corrected chi connectivity index (χ4v) is 3.45. The Hall–Kier alpha value is -0.810. The quantitative estimate of drug-likeness (QED) is 0.112. The molecule has 0 saturated carbocycles. The van der Waals surface area contributed by atoms with Crippen LogP contribution in [0.5, 0.6) is 11.5 Å². The molecule has 0 aliphatic rings. The molecule has 1 aromatic rings. The minimum atomic E-state index is 0.141. The van der Waals surface area contributed by atoms with E-state index in [1.807, 2.05) is 6.21 Å². The van der Waals surface area contributed by atoms with Crippen LogP contribution in [-0.4, -0.2) is 26.0 Å². The molecule has 176 valence electrons. The third-order valence-electron chi connectivity index (χ3n) is 4.42. The fraction of sp³-hybridized carbons (Fsp3) is 0.609. The monoisotopic (exact) mass is 511 g/mol. The standard InChI is InChI=1S/C23H33Cl4NO3/c1-2-3-4-5-6-7-9-13-28-31-15-11-8-10-14-30-23-20(24)17-19(18-21(23)25)29-16-12-22(26)27/h12-13,17-18H,2-11,14-16H2,1H3/b28-13+. The van der Waals surface area contributed by atoms with E-state index < -0.39 is 0 Å². The Morgan fingerprint density at radius 3 is 2.23 bits per heavy atom. The summed E-state index contributed by atoms with van der Waals surface area (Å²) < 4.78 is 11.3. The molecule has 0 heterocycles. The molecule has 0 fully saturated rings. The van der Waals surface area contributed by atoms with Gasteiger partial charge >= 0.3 is 0 Å². The van der Waals surface area contributed by atoms with Gasteiger partial charge in [0.1, 0.15) is 23.5 Å². The van der Waals surface area contributed by atoms with E-state index in [-0.39, 0.29) is 11.1 Å². The van der Waals surface area contributed by atoms with Crippen LogP contribution < -0.4 is 9.47 Å². The maximum atomic E-state index is 6.25. The van der Waals surface area contributed by atoms with Crippen molar-refractivity contribution in [3.05, 3.63) is 32.7 Å². The number of nitrogens with zero attached hydrogens (tertiary/aromatic N) is 1. The molecule has 1 rings (SSSR count). The summed E-state index contributed by atoms with van der Waals surface area (Å²) in [4.78, 5) is 5.29. The molecule has 0 aliphatic carbocycles. The molecule has 0 N–H and O–H groups in total. The summed E-state index contributed by atoms with van der Waals surface area (Å²) in [6.45, 7) is 3.59. The highest BCUT2D eigenvalue weighted by atomic mass is 35.5. The number of ether oxygens (including phenoxy) is 2. The van der Waals surface area contributed by atoms with Crippen LogP contribution in [0.2, 0.25) is 10.0 Å². The zero-order valence-corrected chi connectivity index (χ0v) is 21.2. The lowest BCUT2D eigenvalue weighted by Gasteiger charge is -2.12. The van der Waals surface area contributed by atoms with Gasteiger partial charge in [-0.1, -0.05) is 90.6 Å². The molecule has 8 heteroatoms. The first-order chi connectivity index (χ1) is 15.0. The van der Waals surface area contributed by atoms with E-state index in [0.29, 0.717) is 34.8 Å². The fourth-order valence-electron chi connectivity index (χ4n) is 2.75. The zero-order chi connectivity index (χ0) is 22.7. The van der Waals surface area contributed by atoms with Gasteiger partial charge in [-0.3, -0.25) is 0 Å². The molecule has 0 radical (unpaired) electrons. The largest absolute Gasteiger partial charge is 0.490 e. The van der Waals surface area contributed by atoms with Crippen LogP contribution in [0.4, 0.5) is 0 Å². The molecule has 0 atom stereocenters. The van der Waals surface area contributed by atoms with E-state index in [2.05, 4.69) is 12.1 Å². The summed E-state index contributed by atoms with van der Waals surface area (Å²) in [7, 11) is 0. The lowest BCUT2D eigenvalue weighted by Crippen LogP contribution is -2.00. The van der Waals surface area contributed by atoms with Crippen molar-refractivity contribution in [2.24, 2.45) is 5.16 Å². The first-order valence-corrected chi connectivity index (χ1v) is 12.4. The van der Waals surface area contributed by atoms with Gasteiger partial charge in [0.05, 0.1) is 16.7 Å². The van der Waals surface area contributed by atoms with E-state index in [1.165, 1.54) is 44.6 Å². The van der Waals surface area contributed by atoms with Crippen molar-refractivity contribution >= 4 is 52.6 Å². The number of benzene rings is 1. The molecule has 0 aliphatic heterocycles. The topological polar surface area (TPSA) is 40.0 Å². The number of rotatable bonds is 18. The van der Waals surface area contributed by atoms with Crippen LogP contribution in [-0.2, 0) is 4.84 Å². The van der Waals surface area contributed by atoms with Crippen molar-refractivity contribution in [3.8, 4) is 11.5 Å². The summed E-state index contributed by atoms with van der Waals surface area (Å²) >= 11 is 23.6. The Kier molecular flexibility index (Phi) is 17.1. The van der Waals surface area contributed by atoms with E-state index in [0.717, 1.165) is 25.7 Å². The van der Waals surface area contributed by atoms with Crippen molar-refractivity contribution in [1.29, 1.82) is 0 Å². The minimum absolute atomic E-state index is 0.141. The maximum absolute atomic E-state index is 6.25. The average molecular weight is 513 g/mol. The highest BCUT2D eigenvalue weighted by Gasteiger charge is 2.10. The molecule has 0 spiro atoms. The van der Waals surface area contributed by atoms with E-state index >= 15 is 0 Å². The van der Waals surface area contributed by atoms with Crippen molar-refractivity contribution in [2.45, 2.75) is 71.1 Å². The Balaban J connectivity index is 2.09. The molecule has 0 amide bonds. The van der Waals surface area contributed by atoms with Crippen LogP contribution in [0.3, 0.4) is 0 Å². The number of halogens is 4. The van der Waals surface area contributed by atoms with Gasteiger partial charge < -0.3 is 14.3 Å². The molecule has 0 bridgehead atoms. The van der Waals surface area contributed by atoms with Gasteiger partial charge in [0, 0.05) is 18.3 Å². The van der Waals surface area contributed by atoms with Crippen LogP contribution in [0.25, 0.3) is 0 Å². The van der Waals surface area contributed by atoms with Gasteiger partial charge in [-0.25, -0.2) is 0 Å². The summed E-state index contributed by atoms with van der Waals surface area (Å²) in [6.07, 6.45) is 14.9. The number of unbranched alkanes of at least 4 members (excludes halogenated alkanes) is 8. The number of hydrogen-bond acceptors (Lipinski definition) is 4. The average Bonchev–Trinajstić information content (AvgIpc) is 2.72. The predicted molar refractivity (Wildman–Crippen MR) is 134 cm³/mol. The summed E-state index contributed by atoms with van der Waals surface area (Å²) in [6, 6.07) is 3.30. The number of oxime groups is 1. The smallest absolute Gasteiger partial charge is 0.156 e. The Morgan fingerprint density at radius 2 is 1.52 bits per heavy atom. The second kappa shape index (κ2) is 18.7. The lowest BCUT2D eigenvalue weighted by atomic mass is 10.1. The van der Waals surface area contributed by atoms with Crippen molar-refractivity contribution in [3.63, 3.8) is 0 Å². The minimum Gasteiger partial charge on any atom is -0.490 e. The van der Waals surface area contributed by atoms with E-state index in [1.54, 1.807) is 12.1 Å². The van der Waals surface area contributed by atoms with Crippen molar-refractivity contribution in [1.82, 2.24) is 0 Å². The first kappa shape index (κ1) is 28.2. The Bertz CT molecular complexity index is 641.